The first kappa shape index (κ1) is 21.8. The number of rotatable bonds is 1. The van der Waals surface area contributed by atoms with E-state index in [1.165, 1.54) is 31.2 Å². The van der Waals surface area contributed by atoms with Crippen LogP contribution in [0.1, 0.15) is 48.8 Å². The summed E-state index contributed by atoms with van der Waals surface area (Å²) in [4.78, 5) is 46.3. The first-order valence-electron chi connectivity index (χ1n) is 9.68. The second kappa shape index (κ2) is 7.91. The van der Waals surface area contributed by atoms with Crippen LogP contribution in [0.5, 0.6) is 0 Å². The number of halogens is 2. The number of ketones is 3. The molecule has 0 radical (unpaired) electrons. The molecule has 0 saturated carbocycles. The van der Waals surface area contributed by atoms with Crippen LogP contribution in [0.3, 0.4) is 0 Å². The fourth-order valence-corrected chi connectivity index (χ4v) is 3.81. The lowest BCUT2D eigenvalue weighted by molar-refractivity contribution is -0.114. The summed E-state index contributed by atoms with van der Waals surface area (Å²) in [6.07, 6.45) is 0.0533. The Hall–Kier alpha value is -4.45. The number of aliphatic imine (C=N–C) groups is 1. The molecular weight excluding hydrogens is 430 g/mol. The molecule has 5 rings (SSSR count). The molecule has 0 amide bonds. The minimum atomic E-state index is -0.488. The number of nitriles is 1. The van der Waals surface area contributed by atoms with Crippen LogP contribution in [0, 0.1) is 36.8 Å². The van der Waals surface area contributed by atoms with Gasteiger partial charge in [-0.1, -0.05) is 0 Å². The molecule has 0 unspecified atom stereocenters. The zero-order valence-electron chi connectivity index (χ0n) is 17.5. The Morgan fingerprint density at radius 1 is 0.939 bits per heavy atom. The molecule has 7 nitrogen and oxygen atoms in total. The van der Waals surface area contributed by atoms with Gasteiger partial charge in [-0.2, -0.15) is 5.26 Å². The maximum atomic E-state index is 13.6. The highest BCUT2D eigenvalue weighted by Crippen LogP contribution is 2.38. The van der Waals surface area contributed by atoms with E-state index in [-0.39, 0.29) is 40.6 Å². The average Bonchev–Trinajstić information content (AvgIpc) is 3.26. The quantitative estimate of drug-likeness (QED) is 0.326. The Balaban J connectivity index is 0.000000172. The highest BCUT2D eigenvalue weighted by molar-refractivity contribution is 6.47. The molecular formula is C24H14F2N4O3. The standard InChI is InChI=1S/C14H7FN4O.C10H7FO2/c1-6-8(15)4-3-7-10(6)13(20)12-11(7)19-14(17-2)9(5-16)18-12;1-5-7-4-9(12)10(13)6(7)2-3-8(5)11/h3-4H,2H2,1H3;2-3H,4H2,1H3. The van der Waals surface area contributed by atoms with Gasteiger partial charge >= 0.3 is 0 Å². The van der Waals surface area contributed by atoms with Gasteiger partial charge in [-0.3, -0.25) is 14.4 Å². The third-order valence-electron chi connectivity index (χ3n) is 5.60. The summed E-state index contributed by atoms with van der Waals surface area (Å²) in [5.74, 6) is -2.11. The molecule has 162 valence electrons. The van der Waals surface area contributed by atoms with E-state index in [4.69, 9.17) is 5.26 Å². The molecule has 0 spiro atoms. The van der Waals surface area contributed by atoms with E-state index in [1.54, 1.807) is 6.92 Å². The predicted octanol–water partition coefficient (Wildman–Crippen LogP) is 3.78. The number of benzene rings is 2. The minimum Gasteiger partial charge on any atom is -0.290 e. The summed E-state index contributed by atoms with van der Waals surface area (Å²) in [6.45, 7) is 6.43. The van der Waals surface area contributed by atoms with Crippen molar-refractivity contribution in [3.63, 3.8) is 0 Å². The fraction of sp³-hybridized carbons (Fsp3) is 0.125. The van der Waals surface area contributed by atoms with Crippen molar-refractivity contribution in [1.29, 1.82) is 5.26 Å². The van der Waals surface area contributed by atoms with E-state index < -0.39 is 23.2 Å². The van der Waals surface area contributed by atoms with Crippen LogP contribution in [-0.2, 0) is 11.2 Å². The molecule has 9 heteroatoms. The normalized spacial score (nSPS) is 13.0. The molecule has 0 atom stereocenters. The van der Waals surface area contributed by atoms with Crippen molar-refractivity contribution >= 4 is 29.9 Å². The molecule has 1 aromatic heterocycles. The lowest BCUT2D eigenvalue weighted by Crippen LogP contribution is -2.05. The Morgan fingerprint density at radius 2 is 1.58 bits per heavy atom. The lowest BCUT2D eigenvalue weighted by atomic mass is 10.0. The van der Waals surface area contributed by atoms with E-state index in [1.807, 2.05) is 6.07 Å². The maximum absolute atomic E-state index is 13.6. The van der Waals surface area contributed by atoms with Gasteiger partial charge < -0.3 is 0 Å². The van der Waals surface area contributed by atoms with Gasteiger partial charge in [0, 0.05) is 23.1 Å². The SMILES string of the molecule is C=Nc1nc2c(nc1C#N)C(=O)c1c-2ccc(F)c1C.Cc1c(F)ccc2c1CC(=O)C2=O. The largest absolute Gasteiger partial charge is 0.290 e. The van der Waals surface area contributed by atoms with Gasteiger partial charge in [-0.15, -0.1) is 0 Å². The smallest absolute Gasteiger partial charge is 0.229 e. The highest BCUT2D eigenvalue weighted by Gasteiger charge is 2.33. The van der Waals surface area contributed by atoms with Crippen LogP contribution in [0.2, 0.25) is 0 Å². The van der Waals surface area contributed by atoms with Crippen molar-refractivity contribution in [3.05, 3.63) is 75.1 Å². The van der Waals surface area contributed by atoms with E-state index >= 15 is 0 Å². The molecule has 2 aliphatic rings. The van der Waals surface area contributed by atoms with Gasteiger partial charge in [0.05, 0.1) is 0 Å². The summed E-state index contributed by atoms with van der Waals surface area (Å²) in [6, 6.07) is 7.18. The Morgan fingerprint density at radius 3 is 2.21 bits per heavy atom. The molecule has 0 aliphatic heterocycles. The van der Waals surface area contributed by atoms with Crippen LogP contribution >= 0.6 is 0 Å². The molecule has 1 heterocycles. The molecule has 2 aliphatic carbocycles. The van der Waals surface area contributed by atoms with Gasteiger partial charge in [0.2, 0.25) is 17.3 Å². The van der Waals surface area contributed by atoms with Crippen molar-refractivity contribution in [2.75, 3.05) is 0 Å². The molecule has 0 fully saturated rings. The molecule has 2 aromatic carbocycles. The summed E-state index contributed by atoms with van der Waals surface area (Å²) in [5, 5.41) is 8.97. The van der Waals surface area contributed by atoms with Crippen molar-refractivity contribution in [2.24, 2.45) is 4.99 Å². The summed E-state index contributed by atoms with van der Waals surface area (Å²) < 4.78 is 26.6. The number of fused-ring (bicyclic) bond motifs is 4. The van der Waals surface area contributed by atoms with Crippen molar-refractivity contribution in [1.82, 2.24) is 9.97 Å². The second-order valence-corrected chi connectivity index (χ2v) is 7.41. The van der Waals surface area contributed by atoms with Gasteiger partial charge in [0.15, 0.2) is 11.5 Å². The predicted molar refractivity (Wildman–Crippen MR) is 114 cm³/mol. The zero-order valence-corrected chi connectivity index (χ0v) is 17.5. The summed E-state index contributed by atoms with van der Waals surface area (Å²) in [7, 11) is 0. The highest BCUT2D eigenvalue weighted by atomic mass is 19.1. The van der Waals surface area contributed by atoms with Gasteiger partial charge in [0.25, 0.3) is 0 Å². The second-order valence-electron chi connectivity index (χ2n) is 7.41. The summed E-state index contributed by atoms with van der Waals surface area (Å²) >= 11 is 0. The van der Waals surface area contributed by atoms with Crippen LogP contribution in [-0.4, -0.2) is 34.0 Å². The number of carbonyl (C=O) groups excluding carboxylic acids is 3. The number of carbonyl (C=O) groups is 3. The van der Waals surface area contributed by atoms with Crippen molar-refractivity contribution < 1.29 is 23.2 Å². The van der Waals surface area contributed by atoms with E-state index in [0.717, 1.165) is 0 Å². The first-order chi connectivity index (χ1) is 15.7. The molecule has 0 saturated heterocycles. The Labute approximate surface area is 186 Å². The van der Waals surface area contributed by atoms with Gasteiger partial charge in [0.1, 0.15) is 29.1 Å². The fourth-order valence-electron chi connectivity index (χ4n) is 3.81. The van der Waals surface area contributed by atoms with Crippen molar-refractivity contribution in [2.45, 2.75) is 20.3 Å². The summed E-state index contributed by atoms with van der Waals surface area (Å²) in [5.41, 5.74) is 2.62. The monoisotopic (exact) mass is 444 g/mol. The van der Waals surface area contributed by atoms with Crippen LogP contribution < -0.4 is 0 Å². The molecule has 0 N–H and O–H groups in total. The van der Waals surface area contributed by atoms with E-state index in [9.17, 15) is 23.2 Å². The maximum Gasteiger partial charge on any atom is 0.229 e. The van der Waals surface area contributed by atoms with Crippen molar-refractivity contribution in [3.8, 4) is 17.3 Å². The molecule has 33 heavy (non-hydrogen) atoms. The third kappa shape index (κ3) is 3.32. The Kier molecular flexibility index (Phi) is 5.22. The number of aromatic nitrogens is 2. The lowest BCUT2D eigenvalue weighted by Gasteiger charge is -2.03. The number of nitrogens with zero attached hydrogens (tertiary/aromatic N) is 4. The van der Waals surface area contributed by atoms with Gasteiger partial charge in [-0.05, 0) is 61.5 Å². The number of hydrogen-bond donors (Lipinski definition) is 0. The topological polar surface area (TPSA) is 113 Å². The van der Waals surface area contributed by atoms with Gasteiger partial charge in [-0.25, -0.2) is 23.7 Å². The van der Waals surface area contributed by atoms with Crippen LogP contribution in [0.4, 0.5) is 14.6 Å². The van der Waals surface area contributed by atoms with Crippen LogP contribution in [0.15, 0.2) is 29.3 Å². The number of hydrogen-bond acceptors (Lipinski definition) is 7. The molecule has 0 bridgehead atoms. The average molecular weight is 444 g/mol. The number of Topliss-reactive ketones (excluding diaryl/α,β-unsaturated/α-hetero) is 2. The minimum absolute atomic E-state index is 0.0533. The first-order valence-corrected chi connectivity index (χ1v) is 9.68. The zero-order chi connectivity index (χ0) is 24.0. The third-order valence-corrected chi connectivity index (χ3v) is 5.60. The Bertz CT molecular complexity index is 1470. The van der Waals surface area contributed by atoms with E-state index in [2.05, 4.69) is 21.7 Å². The van der Waals surface area contributed by atoms with E-state index in [0.29, 0.717) is 27.9 Å². The van der Waals surface area contributed by atoms with Crippen LogP contribution in [0.25, 0.3) is 11.3 Å². The molecule has 3 aromatic rings.